The van der Waals surface area contributed by atoms with Crippen molar-refractivity contribution in [3.8, 4) is 5.88 Å². The Hall–Kier alpha value is -1.90. The first-order valence-corrected chi connectivity index (χ1v) is 8.32. The van der Waals surface area contributed by atoms with Crippen LogP contribution in [0.1, 0.15) is 35.2 Å². The second kappa shape index (κ2) is 7.55. The molecule has 0 radical (unpaired) electrons. The summed E-state index contributed by atoms with van der Waals surface area (Å²) in [6, 6.07) is 0.330. The van der Waals surface area contributed by atoms with E-state index in [1.54, 1.807) is 20.8 Å². The molecule has 1 aliphatic heterocycles. The first-order chi connectivity index (χ1) is 12.7. The summed E-state index contributed by atoms with van der Waals surface area (Å²) in [5, 5.41) is 2.46. The number of hydrogen-bond acceptors (Lipinski definition) is 5. The number of alkyl halides is 1. The van der Waals surface area contributed by atoms with Gasteiger partial charge in [-0.25, -0.2) is 14.2 Å². The van der Waals surface area contributed by atoms with Gasteiger partial charge in [-0.05, 0) is 42.8 Å². The molecule has 0 unspecified atom stereocenters. The summed E-state index contributed by atoms with van der Waals surface area (Å²) in [7, 11) is -2.81. The highest BCUT2D eigenvalue weighted by atomic mass is 79.9. The fourth-order valence-corrected chi connectivity index (χ4v) is 2.62. The fourth-order valence-electron chi connectivity index (χ4n) is 2.29. The van der Waals surface area contributed by atoms with E-state index in [0.717, 1.165) is 0 Å². The van der Waals surface area contributed by atoms with Crippen molar-refractivity contribution in [3.63, 3.8) is 0 Å². The van der Waals surface area contributed by atoms with Crippen molar-refractivity contribution in [2.75, 3.05) is 20.1 Å². The van der Waals surface area contributed by atoms with Gasteiger partial charge in [-0.15, -0.1) is 0 Å². The van der Waals surface area contributed by atoms with Crippen LogP contribution in [0.4, 0.5) is 9.18 Å². The SMILES string of the molecule is [2H]C([2H])([2H])Oc1ncc(Br)cc1C(=O)N[C@@H]1CN(C(=O)OC(C)(C)C)C[C@@H]1F. The second-order valence-electron chi connectivity index (χ2n) is 6.59. The first kappa shape index (κ1) is 15.4. The highest BCUT2D eigenvalue weighted by Crippen LogP contribution is 2.22. The van der Waals surface area contributed by atoms with E-state index in [0.29, 0.717) is 4.47 Å². The number of hydrogen-bond donors (Lipinski definition) is 1. The molecule has 138 valence electrons. The van der Waals surface area contributed by atoms with Crippen molar-refractivity contribution < 1.29 is 27.6 Å². The standard InChI is InChI=1S/C16H21BrFN3O4/c1-16(2,3)25-15(23)21-7-11(18)12(8-21)20-13(22)10-5-9(17)6-19-14(10)24-4/h5-6,11-12H,7-8H2,1-4H3,(H,20,22)/t11-,12+/m0/s1/i4D3. The van der Waals surface area contributed by atoms with Gasteiger partial charge >= 0.3 is 6.09 Å². The maximum absolute atomic E-state index is 14.3. The highest BCUT2D eigenvalue weighted by molar-refractivity contribution is 9.10. The van der Waals surface area contributed by atoms with E-state index in [1.807, 2.05) is 0 Å². The number of likely N-dealkylation sites (tertiary alicyclic amines) is 1. The molecule has 1 aliphatic rings. The van der Waals surface area contributed by atoms with Crippen LogP contribution in [0, 0.1) is 0 Å². The molecule has 0 bridgehead atoms. The third-order valence-electron chi connectivity index (χ3n) is 3.38. The number of halogens is 2. The lowest BCUT2D eigenvalue weighted by molar-refractivity contribution is 0.0281. The summed E-state index contributed by atoms with van der Waals surface area (Å²) >= 11 is 3.14. The minimum atomic E-state index is -2.81. The molecule has 0 saturated carbocycles. The molecular formula is C16H21BrFN3O4. The van der Waals surface area contributed by atoms with Crippen LogP contribution < -0.4 is 10.1 Å². The molecule has 25 heavy (non-hydrogen) atoms. The summed E-state index contributed by atoms with van der Waals surface area (Å²) < 4.78 is 46.2. The number of carbonyl (C=O) groups is 2. The summed E-state index contributed by atoms with van der Waals surface area (Å²) in [4.78, 5) is 29.6. The van der Waals surface area contributed by atoms with Gasteiger partial charge in [-0.1, -0.05) is 0 Å². The van der Waals surface area contributed by atoms with E-state index >= 15 is 0 Å². The van der Waals surface area contributed by atoms with Crippen LogP contribution in [0.15, 0.2) is 16.7 Å². The van der Waals surface area contributed by atoms with Gasteiger partial charge in [0.2, 0.25) is 5.88 Å². The molecule has 0 aliphatic carbocycles. The first-order valence-electron chi connectivity index (χ1n) is 9.02. The minimum absolute atomic E-state index is 0.0846. The second-order valence-corrected chi connectivity index (χ2v) is 7.51. The van der Waals surface area contributed by atoms with Gasteiger partial charge in [-0.3, -0.25) is 4.79 Å². The third kappa shape index (κ3) is 5.04. The molecule has 1 aromatic rings. The number of nitrogens with one attached hydrogen (secondary N) is 1. The molecule has 0 spiro atoms. The molecule has 9 heteroatoms. The van der Waals surface area contributed by atoms with Gasteiger partial charge in [0.15, 0.2) is 0 Å². The molecule has 2 atom stereocenters. The van der Waals surface area contributed by atoms with E-state index in [1.165, 1.54) is 17.2 Å². The zero-order chi connectivity index (χ0) is 21.3. The largest absolute Gasteiger partial charge is 0.480 e. The number of pyridine rings is 1. The van der Waals surface area contributed by atoms with Crippen molar-refractivity contribution in [1.29, 1.82) is 0 Å². The van der Waals surface area contributed by atoms with Crippen molar-refractivity contribution >= 4 is 27.9 Å². The summed E-state index contributed by atoms with van der Waals surface area (Å²) in [6.45, 7) is 4.77. The zero-order valence-electron chi connectivity index (χ0n) is 17.0. The number of ether oxygens (including phenoxy) is 2. The topological polar surface area (TPSA) is 80.8 Å². The monoisotopic (exact) mass is 420 g/mol. The number of carbonyl (C=O) groups excluding carboxylic acids is 2. The maximum Gasteiger partial charge on any atom is 0.410 e. The molecule has 1 fully saturated rings. The molecule has 1 aromatic heterocycles. The number of nitrogens with zero attached hydrogens (tertiary/aromatic N) is 2. The number of rotatable bonds is 3. The Labute approximate surface area is 158 Å². The number of methoxy groups -OCH3 is 1. The summed E-state index contributed by atoms with van der Waals surface area (Å²) in [5.41, 5.74) is -0.901. The fraction of sp³-hybridized carbons (Fsp3) is 0.562. The molecular weight excluding hydrogens is 397 g/mol. The highest BCUT2D eigenvalue weighted by Gasteiger charge is 2.38. The molecule has 2 heterocycles. The normalized spacial score (nSPS) is 22.6. The van der Waals surface area contributed by atoms with Crippen LogP contribution in [0.3, 0.4) is 0 Å². The van der Waals surface area contributed by atoms with Gasteiger partial charge < -0.3 is 19.7 Å². The zero-order valence-corrected chi connectivity index (χ0v) is 15.6. The molecule has 2 amide bonds. The lowest BCUT2D eigenvalue weighted by Crippen LogP contribution is -2.42. The van der Waals surface area contributed by atoms with E-state index in [4.69, 9.17) is 13.6 Å². The quantitative estimate of drug-likeness (QED) is 0.812. The average Bonchev–Trinajstić information content (AvgIpc) is 2.87. The Bertz CT molecular complexity index is 758. The molecule has 7 nitrogen and oxygen atoms in total. The van der Waals surface area contributed by atoms with Crippen LogP contribution in [0.5, 0.6) is 5.88 Å². The van der Waals surface area contributed by atoms with E-state index < -0.39 is 42.7 Å². The van der Waals surface area contributed by atoms with E-state index in [9.17, 15) is 14.0 Å². The van der Waals surface area contributed by atoms with Crippen LogP contribution in [-0.2, 0) is 4.74 Å². The average molecular weight is 421 g/mol. The maximum atomic E-state index is 14.3. The summed E-state index contributed by atoms with van der Waals surface area (Å²) in [5.74, 6) is -1.18. The molecule has 1 saturated heterocycles. The molecule has 0 aromatic carbocycles. The Morgan fingerprint density at radius 2 is 2.20 bits per heavy atom. The number of amides is 2. The Morgan fingerprint density at radius 3 is 2.84 bits per heavy atom. The summed E-state index contributed by atoms with van der Waals surface area (Å²) in [6.07, 6.45) is -0.915. The van der Waals surface area contributed by atoms with E-state index in [2.05, 4.69) is 26.2 Å². The van der Waals surface area contributed by atoms with Gasteiger partial charge in [0, 0.05) is 17.2 Å². The van der Waals surface area contributed by atoms with Crippen LogP contribution in [-0.4, -0.2) is 59.8 Å². The number of aromatic nitrogens is 1. The third-order valence-corrected chi connectivity index (χ3v) is 3.81. The lowest BCUT2D eigenvalue weighted by atomic mass is 10.2. The predicted octanol–water partition coefficient (Wildman–Crippen LogP) is 2.54. The van der Waals surface area contributed by atoms with Crippen molar-refractivity contribution in [2.45, 2.75) is 38.6 Å². The van der Waals surface area contributed by atoms with Crippen molar-refractivity contribution in [2.24, 2.45) is 0 Å². The molecule has 2 rings (SSSR count). The lowest BCUT2D eigenvalue weighted by Gasteiger charge is -2.24. The predicted molar refractivity (Wildman–Crippen MR) is 92.4 cm³/mol. The van der Waals surface area contributed by atoms with Gasteiger partial charge in [0.05, 0.1) is 23.7 Å². The smallest absolute Gasteiger partial charge is 0.410 e. The van der Waals surface area contributed by atoms with E-state index in [-0.39, 0.29) is 18.7 Å². The molecule has 1 N–H and O–H groups in total. The Morgan fingerprint density at radius 1 is 1.48 bits per heavy atom. The van der Waals surface area contributed by atoms with Crippen molar-refractivity contribution in [3.05, 3.63) is 22.3 Å². The van der Waals surface area contributed by atoms with Gasteiger partial charge in [0.1, 0.15) is 17.3 Å². The Kier molecular flexibility index (Phi) is 4.64. The Balaban J connectivity index is 2.11. The van der Waals surface area contributed by atoms with Crippen LogP contribution in [0.2, 0.25) is 0 Å². The van der Waals surface area contributed by atoms with Gasteiger partial charge in [-0.2, -0.15) is 0 Å². The van der Waals surface area contributed by atoms with Gasteiger partial charge in [0.25, 0.3) is 5.91 Å². The van der Waals surface area contributed by atoms with Crippen LogP contribution >= 0.6 is 15.9 Å². The minimum Gasteiger partial charge on any atom is -0.480 e. The van der Waals surface area contributed by atoms with Crippen molar-refractivity contribution in [1.82, 2.24) is 15.2 Å². The van der Waals surface area contributed by atoms with Crippen LogP contribution in [0.25, 0.3) is 0 Å².